The molecule has 1 N–H and O–H groups in total. The molecule has 0 aromatic heterocycles. The van der Waals surface area contributed by atoms with Crippen LogP contribution >= 0.6 is 15.9 Å². The van der Waals surface area contributed by atoms with Crippen LogP contribution in [0.5, 0.6) is 11.5 Å². The van der Waals surface area contributed by atoms with E-state index in [4.69, 9.17) is 9.84 Å². The highest BCUT2D eigenvalue weighted by atomic mass is 79.9. The van der Waals surface area contributed by atoms with Gasteiger partial charge in [-0.2, -0.15) is 0 Å². The summed E-state index contributed by atoms with van der Waals surface area (Å²) in [5.41, 5.74) is 1.52. The van der Waals surface area contributed by atoms with Crippen LogP contribution in [-0.2, 0) is 6.42 Å². The minimum atomic E-state index is 0.0775. The number of ether oxygens (including phenoxy) is 1. The van der Waals surface area contributed by atoms with Gasteiger partial charge in [0.15, 0.2) is 6.29 Å². The third-order valence-electron chi connectivity index (χ3n) is 2.68. The minimum Gasteiger partial charge on any atom is -0.457 e. The van der Waals surface area contributed by atoms with Gasteiger partial charge in [0.2, 0.25) is 0 Å². The lowest BCUT2D eigenvalue weighted by Crippen LogP contribution is -1.95. The lowest BCUT2D eigenvalue weighted by atomic mass is 10.1. The first-order valence-electron chi connectivity index (χ1n) is 5.86. The molecule has 2 aromatic carbocycles. The van der Waals surface area contributed by atoms with Crippen molar-refractivity contribution in [2.45, 2.75) is 6.42 Å². The van der Waals surface area contributed by atoms with Crippen LogP contribution in [0.25, 0.3) is 0 Å². The highest BCUT2D eigenvalue weighted by Crippen LogP contribution is 2.28. The van der Waals surface area contributed by atoms with Gasteiger partial charge >= 0.3 is 0 Å². The molecule has 0 unspecified atom stereocenters. The number of aliphatic hydroxyl groups is 1. The van der Waals surface area contributed by atoms with E-state index in [1.807, 2.05) is 24.3 Å². The first kappa shape index (κ1) is 13.8. The van der Waals surface area contributed by atoms with Crippen molar-refractivity contribution >= 4 is 22.2 Å². The third kappa shape index (κ3) is 3.43. The lowest BCUT2D eigenvalue weighted by Gasteiger charge is -2.11. The standard InChI is InChI=1S/C15H13BrO3/c16-14-9-13(6-5-12(14)10-18)19-15-4-2-1-3-11(15)7-8-17/h1-6,9-10,17H,7-8H2. The number of hydrogen-bond acceptors (Lipinski definition) is 3. The van der Waals surface area contributed by atoms with Gasteiger partial charge in [0.25, 0.3) is 0 Å². The fourth-order valence-electron chi connectivity index (χ4n) is 1.72. The van der Waals surface area contributed by atoms with Crippen molar-refractivity contribution in [3.63, 3.8) is 0 Å². The van der Waals surface area contributed by atoms with Gasteiger partial charge in [-0.1, -0.05) is 18.2 Å². The lowest BCUT2D eigenvalue weighted by molar-refractivity contribution is 0.112. The van der Waals surface area contributed by atoms with E-state index in [9.17, 15) is 4.79 Å². The van der Waals surface area contributed by atoms with Crippen molar-refractivity contribution in [3.8, 4) is 11.5 Å². The van der Waals surface area contributed by atoms with Crippen LogP contribution in [0.2, 0.25) is 0 Å². The molecule has 0 bridgehead atoms. The van der Waals surface area contributed by atoms with Crippen molar-refractivity contribution < 1.29 is 14.6 Å². The molecule has 0 aliphatic carbocycles. The maximum absolute atomic E-state index is 10.7. The summed E-state index contributed by atoms with van der Waals surface area (Å²) in [6.07, 6.45) is 1.33. The molecule has 0 spiro atoms. The zero-order valence-electron chi connectivity index (χ0n) is 10.2. The van der Waals surface area contributed by atoms with E-state index in [0.717, 1.165) is 11.8 Å². The monoisotopic (exact) mass is 320 g/mol. The number of para-hydroxylation sites is 1. The van der Waals surface area contributed by atoms with E-state index in [-0.39, 0.29) is 6.61 Å². The molecule has 98 valence electrons. The van der Waals surface area contributed by atoms with E-state index in [0.29, 0.717) is 28.0 Å². The van der Waals surface area contributed by atoms with Crippen LogP contribution in [0.1, 0.15) is 15.9 Å². The van der Waals surface area contributed by atoms with Gasteiger partial charge in [-0.15, -0.1) is 0 Å². The molecule has 2 aromatic rings. The Morgan fingerprint density at radius 2 is 2.00 bits per heavy atom. The predicted octanol–water partition coefficient (Wildman–Crippen LogP) is 3.59. The largest absolute Gasteiger partial charge is 0.457 e. The number of rotatable bonds is 5. The fourth-order valence-corrected chi connectivity index (χ4v) is 2.18. The number of hydrogen-bond donors (Lipinski definition) is 1. The Labute approximate surface area is 120 Å². The molecule has 0 heterocycles. The van der Waals surface area contributed by atoms with Gasteiger partial charge in [-0.25, -0.2) is 0 Å². The molecule has 0 aliphatic heterocycles. The van der Waals surface area contributed by atoms with Crippen molar-refractivity contribution in [1.82, 2.24) is 0 Å². The summed E-state index contributed by atoms with van der Waals surface area (Å²) in [6.45, 7) is 0.0775. The van der Waals surface area contributed by atoms with Crippen molar-refractivity contribution in [3.05, 3.63) is 58.1 Å². The second-order valence-corrected chi connectivity index (χ2v) is 4.84. The zero-order valence-corrected chi connectivity index (χ0v) is 11.8. The maximum Gasteiger partial charge on any atom is 0.151 e. The predicted molar refractivity (Wildman–Crippen MR) is 76.8 cm³/mol. The van der Waals surface area contributed by atoms with Gasteiger partial charge in [0.05, 0.1) is 0 Å². The molecule has 3 nitrogen and oxygen atoms in total. The third-order valence-corrected chi connectivity index (χ3v) is 3.37. The number of aliphatic hydroxyl groups excluding tert-OH is 1. The first-order chi connectivity index (χ1) is 9.24. The number of carbonyl (C=O) groups is 1. The molecular formula is C15H13BrO3. The van der Waals surface area contributed by atoms with E-state index in [1.165, 1.54) is 0 Å². The second-order valence-electron chi connectivity index (χ2n) is 3.98. The number of benzene rings is 2. The molecule has 4 heteroatoms. The first-order valence-corrected chi connectivity index (χ1v) is 6.65. The van der Waals surface area contributed by atoms with Crippen LogP contribution < -0.4 is 4.74 Å². The Hall–Kier alpha value is -1.65. The Bertz CT molecular complexity index is 581. The van der Waals surface area contributed by atoms with E-state index < -0.39 is 0 Å². The van der Waals surface area contributed by atoms with Gasteiger partial charge in [0, 0.05) is 16.6 Å². The van der Waals surface area contributed by atoms with Gasteiger partial charge in [-0.3, -0.25) is 4.79 Å². The van der Waals surface area contributed by atoms with Crippen molar-refractivity contribution in [2.75, 3.05) is 6.61 Å². The number of aldehydes is 1. The molecule has 19 heavy (non-hydrogen) atoms. The Kier molecular flexibility index (Phi) is 4.71. The molecule has 0 saturated heterocycles. The van der Waals surface area contributed by atoms with E-state index in [2.05, 4.69) is 15.9 Å². The molecule has 0 saturated carbocycles. The molecule has 0 fully saturated rings. The summed E-state index contributed by atoms with van der Waals surface area (Å²) in [7, 11) is 0. The van der Waals surface area contributed by atoms with Crippen LogP contribution in [0.3, 0.4) is 0 Å². The van der Waals surface area contributed by atoms with Gasteiger partial charge in [0.1, 0.15) is 11.5 Å². The summed E-state index contributed by atoms with van der Waals surface area (Å²) in [4.78, 5) is 10.7. The number of halogens is 1. The summed E-state index contributed by atoms with van der Waals surface area (Å²) in [5, 5.41) is 9.02. The fraction of sp³-hybridized carbons (Fsp3) is 0.133. The van der Waals surface area contributed by atoms with Crippen LogP contribution in [0, 0.1) is 0 Å². The Balaban J connectivity index is 2.26. The Morgan fingerprint density at radius 3 is 2.68 bits per heavy atom. The summed E-state index contributed by atoms with van der Waals surface area (Å²) >= 11 is 3.32. The van der Waals surface area contributed by atoms with Gasteiger partial charge in [-0.05, 0) is 52.2 Å². The molecular weight excluding hydrogens is 308 g/mol. The highest BCUT2D eigenvalue weighted by Gasteiger charge is 2.06. The molecule has 0 aliphatic rings. The van der Waals surface area contributed by atoms with E-state index in [1.54, 1.807) is 18.2 Å². The molecule has 0 amide bonds. The number of carbonyl (C=O) groups excluding carboxylic acids is 1. The quantitative estimate of drug-likeness (QED) is 0.856. The van der Waals surface area contributed by atoms with E-state index >= 15 is 0 Å². The summed E-state index contributed by atoms with van der Waals surface area (Å²) < 4.78 is 6.48. The topological polar surface area (TPSA) is 46.5 Å². The molecule has 0 radical (unpaired) electrons. The highest BCUT2D eigenvalue weighted by molar-refractivity contribution is 9.10. The van der Waals surface area contributed by atoms with Gasteiger partial charge < -0.3 is 9.84 Å². The minimum absolute atomic E-state index is 0.0775. The van der Waals surface area contributed by atoms with Crippen molar-refractivity contribution in [1.29, 1.82) is 0 Å². The maximum atomic E-state index is 10.7. The van der Waals surface area contributed by atoms with Crippen LogP contribution in [0.15, 0.2) is 46.9 Å². The SMILES string of the molecule is O=Cc1ccc(Oc2ccccc2CCO)cc1Br. The van der Waals surface area contributed by atoms with Crippen LogP contribution in [0.4, 0.5) is 0 Å². The zero-order chi connectivity index (χ0) is 13.7. The smallest absolute Gasteiger partial charge is 0.151 e. The van der Waals surface area contributed by atoms with Crippen LogP contribution in [-0.4, -0.2) is 18.0 Å². The normalized spacial score (nSPS) is 10.2. The Morgan fingerprint density at radius 1 is 1.21 bits per heavy atom. The summed E-state index contributed by atoms with van der Waals surface area (Å²) in [6, 6.07) is 12.7. The van der Waals surface area contributed by atoms with Crippen molar-refractivity contribution in [2.24, 2.45) is 0 Å². The molecule has 2 rings (SSSR count). The molecule has 0 atom stereocenters. The second kappa shape index (κ2) is 6.50. The average Bonchev–Trinajstić information content (AvgIpc) is 2.41. The average molecular weight is 321 g/mol. The summed E-state index contributed by atoms with van der Waals surface area (Å²) in [5.74, 6) is 1.35.